The predicted molar refractivity (Wildman–Crippen MR) is 152 cm³/mol. The Bertz CT molecular complexity index is 1430. The number of aryl methyl sites for hydroxylation is 1. The van der Waals surface area contributed by atoms with Gasteiger partial charge in [0.1, 0.15) is 16.6 Å². The zero-order valence-electron chi connectivity index (χ0n) is 22.8. The first kappa shape index (κ1) is 28.1. The fourth-order valence-electron chi connectivity index (χ4n) is 4.62. The maximum Gasteiger partial charge on any atom is 0.267 e. The zero-order chi connectivity index (χ0) is 28.3. The Balaban J connectivity index is 1.62. The van der Waals surface area contributed by atoms with E-state index in [0.29, 0.717) is 40.8 Å². The second-order valence-corrected chi connectivity index (χ2v) is 9.53. The fraction of sp³-hybridized carbons (Fsp3) is 0.370. The van der Waals surface area contributed by atoms with Gasteiger partial charge >= 0.3 is 0 Å². The van der Waals surface area contributed by atoms with Crippen molar-refractivity contribution < 1.29 is 14.3 Å². The third-order valence-corrected chi connectivity index (χ3v) is 7.06. The molecule has 1 aliphatic rings. The van der Waals surface area contributed by atoms with Crippen LogP contribution in [0.4, 0.5) is 11.8 Å². The van der Waals surface area contributed by atoms with Crippen LogP contribution in [0.3, 0.4) is 0 Å². The summed E-state index contributed by atoms with van der Waals surface area (Å²) in [7, 11) is 1.60. The molecule has 0 saturated carbocycles. The summed E-state index contributed by atoms with van der Waals surface area (Å²) in [6, 6.07) is 3.40. The van der Waals surface area contributed by atoms with Crippen molar-refractivity contribution in [1.29, 1.82) is 0 Å². The molecule has 0 aliphatic carbocycles. The molecule has 3 aromatic rings. The van der Waals surface area contributed by atoms with E-state index in [1.165, 1.54) is 4.90 Å². The number of fused-ring (bicyclic) bond motifs is 1. The van der Waals surface area contributed by atoms with Gasteiger partial charge in [-0.2, -0.15) is 4.98 Å². The molecule has 11 nitrogen and oxygen atoms in total. The van der Waals surface area contributed by atoms with Crippen molar-refractivity contribution in [2.24, 2.45) is 0 Å². The molecule has 4 rings (SSSR count). The number of nitrogens with one attached hydrogen (secondary N) is 2. The number of carbonyl (C=O) groups excluding carboxylic acids is 2. The van der Waals surface area contributed by atoms with Crippen molar-refractivity contribution in [2.45, 2.75) is 34.2 Å². The number of pyridine rings is 1. The first-order chi connectivity index (χ1) is 18.7. The number of likely N-dealkylation sites (N-methyl/N-ethyl adjacent to an activating group) is 1. The van der Waals surface area contributed by atoms with Crippen molar-refractivity contribution >= 4 is 46.8 Å². The van der Waals surface area contributed by atoms with Gasteiger partial charge in [0.05, 0.1) is 30.5 Å². The van der Waals surface area contributed by atoms with E-state index in [4.69, 9.17) is 22.1 Å². The standard InChI is InChI=1S/C27H33ClN8O3/c1-6-35(7-2)11-10-30-25(37)19-9-8-17(32-19)12-18-21-23(28)33-27(29)34-24(21)36(26(18)38)14-20-16(4)22(39-5)15(3)13-31-20/h8-9,12-13,32H,6-7,10-11,14H2,1-5H3,(H,30,37)(H2,29,33,34). The number of nitrogens with two attached hydrogens (primary N) is 1. The molecule has 0 radical (unpaired) electrons. The molecule has 4 heterocycles. The van der Waals surface area contributed by atoms with E-state index >= 15 is 0 Å². The smallest absolute Gasteiger partial charge is 0.267 e. The van der Waals surface area contributed by atoms with Gasteiger partial charge < -0.3 is 25.7 Å². The quantitative estimate of drug-likeness (QED) is 0.257. The Labute approximate surface area is 232 Å². The highest BCUT2D eigenvalue weighted by Gasteiger charge is 2.37. The SMILES string of the molecule is CCN(CC)CCNC(=O)c1ccc(C=C2C(=O)N(Cc3ncc(C)c(OC)c3C)c3nc(N)nc(Cl)c32)[nH]1. The summed E-state index contributed by atoms with van der Waals surface area (Å²) >= 11 is 6.47. The van der Waals surface area contributed by atoms with Crippen molar-refractivity contribution in [3.63, 3.8) is 0 Å². The minimum Gasteiger partial charge on any atom is -0.496 e. The van der Waals surface area contributed by atoms with Crippen LogP contribution in [0.15, 0.2) is 18.3 Å². The predicted octanol–water partition coefficient (Wildman–Crippen LogP) is 3.22. The molecule has 0 fully saturated rings. The van der Waals surface area contributed by atoms with E-state index in [-0.39, 0.29) is 35.0 Å². The number of aromatic nitrogens is 4. The maximum absolute atomic E-state index is 13.7. The molecule has 0 saturated heterocycles. The highest BCUT2D eigenvalue weighted by Crippen LogP contribution is 2.41. The Hall–Kier alpha value is -3.96. The molecule has 0 atom stereocenters. The average molecular weight is 553 g/mol. The van der Waals surface area contributed by atoms with Gasteiger partial charge in [-0.1, -0.05) is 25.4 Å². The van der Waals surface area contributed by atoms with Gasteiger partial charge in [-0.05, 0) is 45.1 Å². The lowest BCUT2D eigenvalue weighted by molar-refractivity contribution is -0.113. The normalized spacial score (nSPS) is 13.9. The molecule has 0 spiro atoms. The molecular weight excluding hydrogens is 520 g/mol. The lowest BCUT2D eigenvalue weighted by Crippen LogP contribution is -2.34. The molecule has 3 aromatic heterocycles. The average Bonchev–Trinajstić information content (AvgIpc) is 3.47. The maximum atomic E-state index is 13.7. The first-order valence-electron chi connectivity index (χ1n) is 12.7. The minimum atomic E-state index is -0.340. The molecule has 0 unspecified atom stereocenters. The highest BCUT2D eigenvalue weighted by atomic mass is 35.5. The van der Waals surface area contributed by atoms with Gasteiger partial charge in [-0.25, -0.2) is 4.98 Å². The second kappa shape index (κ2) is 11.8. The zero-order valence-corrected chi connectivity index (χ0v) is 23.5. The van der Waals surface area contributed by atoms with Gasteiger partial charge in [-0.15, -0.1) is 0 Å². The molecule has 39 heavy (non-hydrogen) atoms. The Morgan fingerprint density at radius 2 is 2.00 bits per heavy atom. The topological polar surface area (TPSA) is 142 Å². The summed E-state index contributed by atoms with van der Waals surface area (Å²) in [6.07, 6.45) is 3.34. The van der Waals surface area contributed by atoms with Crippen LogP contribution in [-0.2, 0) is 11.3 Å². The number of hydrogen-bond acceptors (Lipinski definition) is 8. The van der Waals surface area contributed by atoms with Gasteiger partial charge in [0.2, 0.25) is 5.95 Å². The third-order valence-electron chi connectivity index (χ3n) is 6.78. The number of rotatable bonds is 10. The fourth-order valence-corrected chi connectivity index (χ4v) is 4.89. The number of H-pyrrole nitrogens is 1. The summed E-state index contributed by atoms with van der Waals surface area (Å²) in [6.45, 7) is 11.2. The summed E-state index contributed by atoms with van der Waals surface area (Å²) in [5.74, 6) is 0.387. The Kier molecular flexibility index (Phi) is 8.51. The van der Waals surface area contributed by atoms with E-state index in [9.17, 15) is 9.59 Å². The molecule has 4 N–H and O–H groups in total. The van der Waals surface area contributed by atoms with Crippen molar-refractivity contribution in [3.05, 3.63) is 57.3 Å². The first-order valence-corrected chi connectivity index (χ1v) is 13.1. The van der Waals surface area contributed by atoms with Crippen LogP contribution in [0.5, 0.6) is 5.75 Å². The second-order valence-electron chi connectivity index (χ2n) is 9.18. The highest BCUT2D eigenvalue weighted by molar-refractivity contribution is 6.41. The van der Waals surface area contributed by atoms with E-state index in [1.54, 1.807) is 31.5 Å². The van der Waals surface area contributed by atoms with Crippen LogP contribution >= 0.6 is 11.6 Å². The largest absolute Gasteiger partial charge is 0.496 e. The number of carbonyl (C=O) groups is 2. The molecule has 0 bridgehead atoms. The van der Waals surface area contributed by atoms with Crippen molar-refractivity contribution in [2.75, 3.05) is 43.9 Å². The summed E-state index contributed by atoms with van der Waals surface area (Å²) < 4.78 is 5.52. The van der Waals surface area contributed by atoms with E-state index in [2.05, 4.69) is 44.0 Å². The van der Waals surface area contributed by atoms with Gasteiger partial charge in [0, 0.05) is 36.1 Å². The van der Waals surface area contributed by atoms with Crippen LogP contribution in [0, 0.1) is 13.8 Å². The van der Waals surface area contributed by atoms with Crippen LogP contribution in [0.25, 0.3) is 11.6 Å². The lowest BCUT2D eigenvalue weighted by atomic mass is 10.1. The summed E-state index contributed by atoms with van der Waals surface area (Å²) in [5.41, 5.74) is 9.83. The molecule has 0 aromatic carbocycles. The number of anilines is 2. The van der Waals surface area contributed by atoms with Gasteiger partial charge in [0.25, 0.3) is 11.8 Å². The van der Waals surface area contributed by atoms with Crippen LogP contribution in [0.2, 0.25) is 5.15 Å². The van der Waals surface area contributed by atoms with E-state index in [0.717, 1.165) is 30.8 Å². The molecule has 2 amide bonds. The Morgan fingerprint density at radius 3 is 2.69 bits per heavy atom. The number of nitrogen functional groups attached to an aromatic ring is 1. The molecule has 1 aliphatic heterocycles. The Morgan fingerprint density at radius 1 is 1.26 bits per heavy atom. The third kappa shape index (κ3) is 5.74. The minimum absolute atomic E-state index is 0.0486. The van der Waals surface area contributed by atoms with Crippen LogP contribution in [-0.4, -0.2) is 69.9 Å². The number of methoxy groups -OCH3 is 1. The number of hydrogen-bond donors (Lipinski definition) is 3. The van der Waals surface area contributed by atoms with Gasteiger partial charge in [0.15, 0.2) is 5.82 Å². The number of amides is 2. The molecule has 12 heteroatoms. The number of nitrogens with zero attached hydrogens (tertiary/aromatic N) is 5. The summed E-state index contributed by atoms with van der Waals surface area (Å²) in [4.78, 5) is 46.0. The summed E-state index contributed by atoms with van der Waals surface area (Å²) in [5, 5.41) is 2.98. The lowest BCUT2D eigenvalue weighted by Gasteiger charge is -2.19. The molecular formula is C27H33ClN8O3. The van der Waals surface area contributed by atoms with Crippen LogP contribution < -0.4 is 20.7 Å². The number of halogens is 1. The van der Waals surface area contributed by atoms with E-state index in [1.807, 2.05) is 13.8 Å². The van der Waals surface area contributed by atoms with Gasteiger partial charge in [-0.3, -0.25) is 19.5 Å². The van der Waals surface area contributed by atoms with Crippen LogP contribution in [0.1, 0.15) is 52.4 Å². The van der Waals surface area contributed by atoms with E-state index < -0.39 is 0 Å². The monoisotopic (exact) mass is 552 g/mol. The van der Waals surface area contributed by atoms with Crippen molar-refractivity contribution in [3.8, 4) is 5.75 Å². The molecule has 206 valence electrons. The number of ether oxygens (including phenoxy) is 1. The number of aromatic amines is 1. The van der Waals surface area contributed by atoms with Crippen molar-refractivity contribution in [1.82, 2.24) is 30.2 Å².